The maximum absolute atomic E-state index is 13.0. The number of hydrogen-bond acceptors (Lipinski definition) is 1. The molecule has 0 aliphatic carbocycles. The van der Waals surface area contributed by atoms with Gasteiger partial charge in [-0.3, -0.25) is 0 Å². The van der Waals surface area contributed by atoms with E-state index in [1.165, 1.54) is 6.92 Å². The van der Waals surface area contributed by atoms with Crippen molar-refractivity contribution in [1.29, 1.82) is 0 Å². The smallest absolute Gasteiger partial charge is 0.205 e. The van der Waals surface area contributed by atoms with Crippen LogP contribution >= 0.6 is 0 Å². The molecule has 2 rings (SSSR count). The third-order valence-electron chi connectivity index (χ3n) is 1.87. The van der Waals surface area contributed by atoms with Crippen LogP contribution in [0.3, 0.4) is 0 Å². The summed E-state index contributed by atoms with van der Waals surface area (Å²) in [7, 11) is 0. The highest BCUT2D eigenvalue weighted by atomic mass is 19.2. The number of fused-ring (bicyclic) bond motifs is 1. The van der Waals surface area contributed by atoms with Gasteiger partial charge in [0.2, 0.25) is 11.6 Å². The molecule has 0 unspecified atom stereocenters. The van der Waals surface area contributed by atoms with Crippen molar-refractivity contribution in [2.75, 3.05) is 0 Å². The van der Waals surface area contributed by atoms with Crippen LogP contribution in [-0.2, 0) is 0 Å². The van der Waals surface area contributed by atoms with Gasteiger partial charge in [0.15, 0.2) is 17.2 Å². The van der Waals surface area contributed by atoms with Crippen molar-refractivity contribution in [3.8, 4) is 0 Å². The molecular weight excluding hydrogens is 200 g/mol. The van der Waals surface area contributed by atoms with Gasteiger partial charge in [0.05, 0.1) is 5.39 Å². The van der Waals surface area contributed by atoms with E-state index in [2.05, 4.69) is 0 Å². The number of halogens is 4. The minimum Gasteiger partial charge on any atom is -0.458 e. The second-order valence-electron chi connectivity index (χ2n) is 2.86. The van der Waals surface area contributed by atoms with E-state index >= 15 is 0 Å². The molecule has 0 N–H and O–H groups in total. The SMILES string of the molecule is Cc1cc2c(F)c(F)c(F)c(F)c2o1. The summed E-state index contributed by atoms with van der Waals surface area (Å²) in [6, 6.07) is 1.11. The summed E-state index contributed by atoms with van der Waals surface area (Å²) >= 11 is 0. The van der Waals surface area contributed by atoms with Crippen molar-refractivity contribution < 1.29 is 22.0 Å². The lowest BCUT2D eigenvalue weighted by molar-refractivity contribution is 0.409. The molecule has 0 aliphatic heterocycles. The maximum Gasteiger partial charge on any atom is 0.205 e. The van der Waals surface area contributed by atoms with E-state index in [9.17, 15) is 17.6 Å². The van der Waals surface area contributed by atoms with E-state index in [1.807, 2.05) is 0 Å². The lowest BCUT2D eigenvalue weighted by atomic mass is 10.2. The summed E-state index contributed by atoms with van der Waals surface area (Å²) < 4.78 is 56.1. The van der Waals surface area contributed by atoms with Crippen LogP contribution in [0.2, 0.25) is 0 Å². The molecule has 14 heavy (non-hydrogen) atoms. The largest absolute Gasteiger partial charge is 0.458 e. The summed E-state index contributed by atoms with van der Waals surface area (Å²) in [4.78, 5) is 0. The number of rotatable bonds is 0. The van der Waals surface area contributed by atoms with E-state index in [0.29, 0.717) is 0 Å². The fourth-order valence-corrected chi connectivity index (χ4v) is 1.25. The molecule has 0 atom stereocenters. The van der Waals surface area contributed by atoms with Gasteiger partial charge in [-0.1, -0.05) is 0 Å². The van der Waals surface area contributed by atoms with Gasteiger partial charge >= 0.3 is 0 Å². The minimum absolute atomic E-state index is 0.183. The molecule has 1 aromatic heterocycles. The van der Waals surface area contributed by atoms with Crippen molar-refractivity contribution in [2.24, 2.45) is 0 Å². The molecule has 0 saturated carbocycles. The van der Waals surface area contributed by atoms with E-state index in [-0.39, 0.29) is 11.1 Å². The van der Waals surface area contributed by atoms with Gasteiger partial charge in [-0.2, -0.15) is 4.39 Å². The van der Waals surface area contributed by atoms with Gasteiger partial charge in [-0.25, -0.2) is 13.2 Å². The second-order valence-corrected chi connectivity index (χ2v) is 2.86. The zero-order chi connectivity index (χ0) is 10.5. The van der Waals surface area contributed by atoms with E-state index in [0.717, 1.165) is 6.07 Å². The number of hydrogen-bond donors (Lipinski definition) is 0. The Kier molecular flexibility index (Phi) is 1.77. The molecule has 1 aromatic carbocycles. The van der Waals surface area contributed by atoms with Crippen LogP contribution in [0.1, 0.15) is 5.76 Å². The fourth-order valence-electron chi connectivity index (χ4n) is 1.25. The topological polar surface area (TPSA) is 13.1 Å². The highest BCUT2D eigenvalue weighted by Crippen LogP contribution is 2.28. The third kappa shape index (κ3) is 1.01. The average Bonchev–Trinajstić information content (AvgIpc) is 2.54. The Labute approximate surface area is 75.9 Å². The predicted molar refractivity (Wildman–Crippen MR) is 40.8 cm³/mol. The Morgan fingerprint density at radius 3 is 2.14 bits per heavy atom. The summed E-state index contributed by atoms with van der Waals surface area (Å²) in [5.74, 6) is -6.44. The number of aryl methyl sites for hydroxylation is 1. The highest BCUT2D eigenvalue weighted by Gasteiger charge is 2.22. The van der Waals surface area contributed by atoms with Crippen LogP contribution in [-0.4, -0.2) is 0 Å². The van der Waals surface area contributed by atoms with Crippen LogP contribution in [0.15, 0.2) is 10.5 Å². The van der Waals surface area contributed by atoms with Gasteiger partial charge < -0.3 is 4.42 Å². The molecule has 0 saturated heterocycles. The third-order valence-corrected chi connectivity index (χ3v) is 1.87. The second kappa shape index (κ2) is 2.73. The molecule has 1 heterocycles. The molecule has 74 valence electrons. The first kappa shape index (κ1) is 9.05. The summed E-state index contributed by atoms with van der Waals surface area (Å²) in [5.41, 5.74) is -0.598. The molecular formula is C9H4F4O. The molecule has 2 aromatic rings. The lowest BCUT2D eigenvalue weighted by Crippen LogP contribution is -1.95. The van der Waals surface area contributed by atoms with Crippen molar-refractivity contribution >= 4 is 11.0 Å². The zero-order valence-electron chi connectivity index (χ0n) is 7.00. The van der Waals surface area contributed by atoms with Crippen LogP contribution < -0.4 is 0 Å². The zero-order valence-corrected chi connectivity index (χ0v) is 7.00. The minimum atomic E-state index is -1.86. The molecule has 0 radical (unpaired) electrons. The molecule has 0 fully saturated rings. The Balaban J connectivity index is 3.01. The van der Waals surface area contributed by atoms with Crippen LogP contribution in [0.4, 0.5) is 17.6 Å². The molecule has 1 nitrogen and oxygen atoms in total. The Hall–Kier alpha value is -1.52. The Morgan fingerprint density at radius 2 is 1.50 bits per heavy atom. The molecule has 0 spiro atoms. The van der Waals surface area contributed by atoms with Crippen LogP contribution in [0, 0.1) is 30.2 Å². The first-order valence-corrected chi connectivity index (χ1v) is 3.74. The van der Waals surface area contributed by atoms with Gasteiger partial charge in [0.1, 0.15) is 5.76 Å². The van der Waals surface area contributed by atoms with Crippen molar-refractivity contribution in [3.63, 3.8) is 0 Å². The van der Waals surface area contributed by atoms with Crippen molar-refractivity contribution in [2.45, 2.75) is 6.92 Å². The van der Waals surface area contributed by atoms with Gasteiger partial charge in [0.25, 0.3) is 0 Å². The monoisotopic (exact) mass is 204 g/mol. The van der Waals surface area contributed by atoms with Crippen molar-refractivity contribution in [3.05, 3.63) is 35.1 Å². The average molecular weight is 204 g/mol. The number of benzene rings is 1. The van der Waals surface area contributed by atoms with E-state index in [4.69, 9.17) is 4.42 Å². The summed E-state index contributed by atoms with van der Waals surface area (Å²) in [6.45, 7) is 1.43. The summed E-state index contributed by atoms with van der Waals surface area (Å²) in [5, 5.41) is -0.390. The van der Waals surface area contributed by atoms with Gasteiger partial charge in [-0.05, 0) is 13.0 Å². The molecule has 5 heteroatoms. The molecule has 0 bridgehead atoms. The van der Waals surface area contributed by atoms with Crippen LogP contribution in [0.25, 0.3) is 11.0 Å². The lowest BCUT2D eigenvalue weighted by Gasteiger charge is -1.97. The molecule has 0 aliphatic rings. The van der Waals surface area contributed by atoms with Crippen molar-refractivity contribution in [1.82, 2.24) is 0 Å². The Bertz CT molecular complexity index is 470. The Morgan fingerprint density at radius 1 is 0.929 bits per heavy atom. The van der Waals surface area contributed by atoms with Gasteiger partial charge in [0, 0.05) is 0 Å². The first-order chi connectivity index (χ1) is 6.52. The summed E-state index contributed by atoms with van der Waals surface area (Å²) in [6.07, 6.45) is 0. The molecule has 0 amide bonds. The predicted octanol–water partition coefficient (Wildman–Crippen LogP) is 3.30. The van der Waals surface area contributed by atoms with E-state index in [1.54, 1.807) is 0 Å². The quantitative estimate of drug-likeness (QED) is 0.364. The van der Waals surface area contributed by atoms with Crippen LogP contribution in [0.5, 0.6) is 0 Å². The van der Waals surface area contributed by atoms with E-state index < -0.39 is 28.9 Å². The van der Waals surface area contributed by atoms with Gasteiger partial charge in [-0.15, -0.1) is 0 Å². The highest BCUT2D eigenvalue weighted by molar-refractivity contribution is 5.79. The standard InChI is InChI=1S/C9H4F4O/c1-3-2-4-5(10)6(11)7(12)8(13)9(4)14-3/h2H,1H3. The maximum atomic E-state index is 13.0. The number of furan rings is 1. The first-order valence-electron chi connectivity index (χ1n) is 3.74. The normalized spacial score (nSPS) is 11.2. The fraction of sp³-hybridized carbons (Fsp3) is 0.111.